The predicted molar refractivity (Wildman–Crippen MR) is 136 cm³/mol. The molecule has 176 valence electrons. The van der Waals surface area contributed by atoms with Gasteiger partial charge >= 0.3 is 5.97 Å². The average Bonchev–Trinajstić information content (AvgIpc) is 2.75. The lowest BCUT2D eigenvalue weighted by atomic mass is 10.1. The zero-order valence-corrected chi connectivity index (χ0v) is 20.5. The SMILES string of the molecule is CC(=O)Oc1cccc(C(=O)Nc2cccc(C(C)N/C(C)=C/N=C3C=[N+](C)C3=C(C)C)c2)c1. The number of carbonyl (C=O) groups excluding carboxylic acids is 2. The Labute approximate surface area is 200 Å². The summed E-state index contributed by atoms with van der Waals surface area (Å²) in [6.45, 7) is 9.51. The second-order valence-corrected chi connectivity index (χ2v) is 8.48. The summed E-state index contributed by atoms with van der Waals surface area (Å²) in [7, 11) is 2.01. The number of ether oxygens (including phenoxy) is 1. The third kappa shape index (κ3) is 6.28. The monoisotopic (exact) mass is 459 g/mol. The first-order chi connectivity index (χ1) is 16.1. The smallest absolute Gasteiger partial charge is 0.308 e. The molecule has 7 heteroatoms. The molecule has 0 radical (unpaired) electrons. The van der Waals surface area contributed by atoms with Crippen LogP contribution in [0.25, 0.3) is 0 Å². The second kappa shape index (κ2) is 10.7. The van der Waals surface area contributed by atoms with Gasteiger partial charge in [0.25, 0.3) is 5.91 Å². The van der Waals surface area contributed by atoms with Gasteiger partial charge in [0.1, 0.15) is 12.8 Å². The lowest BCUT2D eigenvalue weighted by Crippen LogP contribution is -2.31. The van der Waals surface area contributed by atoms with Crippen molar-refractivity contribution in [3.63, 3.8) is 0 Å². The summed E-state index contributed by atoms with van der Waals surface area (Å²) in [6.07, 6.45) is 3.84. The molecule has 0 bridgehead atoms. The van der Waals surface area contributed by atoms with E-state index >= 15 is 0 Å². The molecule has 1 aliphatic heterocycles. The van der Waals surface area contributed by atoms with Crippen molar-refractivity contribution in [3.05, 3.63) is 82.8 Å². The fraction of sp³-hybridized carbons (Fsp3) is 0.259. The molecular formula is C27H31N4O3+. The molecule has 0 spiro atoms. The summed E-state index contributed by atoms with van der Waals surface area (Å²) in [4.78, 5) is 28.4. The minimum absolute atomic E-state index is 0.0107. The van der Waals surface area contributed by atoms with E-state index in [2.05, 4.69) is 41.0 Å². The van der Waals surface area contributed by atoms with Crippen molar-refractivity contribution in [2.24, 2.45) is 4.99 Å². The van der Waals surface area contributed by atoms with Crippen LogP contribution in [0.5, 0.6) is 5.75 Å². The molecule has 34 heavy (non-hydrogen) atoms. The molecule has 1 heterocycles. The van der Waals surface area contributed by atoms with Crippen molar-refractivity contribution in [2.45, 2.75) is 40.7 Å². The second-order valence-electron chi connectivity index (χ2n) is 8.48. The highest BCUT2D eigenvalue weighted by molar-refractivity contribution is 6.40. The predicted octanol–water partition coefficient (Wildman–Crippen LogP) is 4.84. The van der Waals surface area contributed by atoms with E-state index in [0.717, 1.165) is 22.7 Å². The normalized spacial score (nSPS) is 15.2. The van der Waals surface area contributed by atoms with Crippen LogP contribution in [0.2, 0.25) is 0 Å². The van der Waals surface area contributed by atoms with E-state index < -0.39 is 5.97 Å². The van der Waals surface area contributed by atoms with E-state index in [0.29, 0.717) is 17.0 Å². The highest BCUT2D eigenvalue weighted by atomic mass is 16.5. The lowest BCUT2D eigenvalue weighted by molar-refractivity contribution is -0.439. The zero-order valence-electron chi connectivity index (χ0n) is 20.5. The summed E-state index contributed by atoms with van der Waals surface area (Å²) in [5.74, 6) is -0.381. The van der Waals surface area contributed by atoms with E-state index in [4.69, 9.17) is 4.74 Å². The summed E-state index contributed by atoms with van der Waals surface area (Å²) in [6, 6.07) is 14.2. The highest BCUT2D eigenvalue weighted by Crippen LogP contribution is 2.20. The number of anilines is 1. The van der Waals surface area contributed by atoms with Crippen molar-refractivity contribution in [1.29, 1.82) is 0 Å². The zero-order chi connectivity index (χ0) is 24.8. The third-order valence-electron chi connectivity index (χ3n) is 5.23. The number of nitrogens with zero attached hydrogens (tertiary/aromatic N) is 2. The van der Waals surface area contributed by atoms with Crippen molar-refractivity contribution in [3.8, 4) is 5.75 Å². The van der Waals surface area contributed by atoms with E-state index in [9.17, 15) is 9.59 Å². The molecule has 2 aromatic carbocycles. The summed E-state index contributed by atoms with van der Waals surface area (Å²) >= 11 is 0. The van der Waals surface area contributed by atoms with Gasteiger partial charge in [0, 0.05) is 36.1 Å². The Kier molecular flexibility index (Phi) is 7.79. The molecule has 0 aliphatic carbocycles. The Morgan fingerprint density at radius 2 is 1.79 bits per heavy atom. The van der Waals surface area contributed by atoms with Crippen LogP contribution >= 0.6 is 0 Å². The number of hydrogen-bond donors (Lipinski definition) is 2. The first-order valence-electron chi connectivity index (χ1n) is 11.1. The number of amides is 1. The van der Waals surface area contributed by atoms with Gasteiger partial charge in [0.2, 0.25) is 11.9 Å². The summed E-state index contributed by atoms with van der Waals surface area (Å²) in [5, 5.41) is 6.35. The van der Waals surface area contributed by atoms with Gasteiger partial charge in [-0.25, -0.2) is 4.99 Å². The van der Waals surface area contributed by atoms with Gasteiger partial charge in [-0.3, -0.25) is 9.59 Å². The van der Waals surface area contributed by atoms with Crippen molar-refractivity contribution < 1.29 is 18.9 Å². The molecule has 1 atom stereocenters. The van der Waals surface area contributed by atoms with Crippen molar-refractivity contribution in [1.82, 2.24) is 5.32 Å². The average molecular weight is 460 g/mol. The molecule has 0 saturated heterocycles. The minimum Gasteiger partial charge on any atom is -0.427 e. The third-order valence-corrected chi connectivity index (χ3v) is 5.23. The number of benzene rings is 2. The highest BCUT2D eigenvalue weighted by Gasteiger charge is 2.28. The summed E-state index contributed by atoms with van der Waals surface area (Å²) in [5.41, 5.74) is 6.39. The first-order valence-corrected chi connectivity index (χ1v) is 11.1. The summed E-state index contributed by atoms with van der Waals surface area (Å²) < 4.78 is 7.13. The Bertz CT molecular complexity index is 1230. The molecule has 0 saturated carbocycles. The Hall–Kier alpha value is -4.00. The number of carbonyl (C=O) groups is 2. The van der Waals surface area contributed by atoms with Crippen LogP contribution in [-0.4, -0.2) is 35.4 Å². The van der Waals surface area contributed by atoms with E-state index in [1.807, 2.05) is 50.7 Å². The molecule has 1 aliphatic rings. The van der Waals surface area contributed by atoms with E-state index in [1.165, 1.54) is 12.5 Å². The molecule has 0 aromatic heterocycles. The van der Waals surface area contributed by atoms with Crippen LogP contribution in [0.3, 0.4) is 0 Å². The van der Waals surface area contributed by atoms with E-state index in [1.54, 1.807) is 24.3 Å². The Morgan fingerprint density at radius 1 is 1.06 bits per heavy atom. The van der Waals surface area contributed by atoms with Gasteiger partial charge in [-0.15, -0.1) is 0 Å². The van der Waals surface area contributed by atoms with Gasteiger partial charge in [-0.1, -0.05) is 18.2 Å². The lowest BCUT2D eigenvalue weighted by Gasteiger charge is -2.17. The van der Waals surface area contributed by atoms with Crippen LogP contribution in [0.4, 0.5) is 5.69 Å². The molecule has 0 fully saturated rings. The number of hydrogen-bond acceptors (Lipinski definition) is 5. The number of nitrogens with one attached hydrogen (secondary N) is 2. The van der Waals surface area contributed by atoms with Crippen molar-refractivity contribution >= 4 is 29.5 Å². The van der Waals surface area contributed by atoms with E-state index in [-0.39, 0.29) is 11.9 Å². The fourth-order valence-electron chi connectivity index (χ4n) is 3.71. The number of rotatable bonds is 7. The molecular weight excluding hydrogens is 428 g/mol. The number of allylic oxidation sites excluding steroid dienone is 3. The fourth-order valence-corrected chi connectivity index (χ4v) is 3.71. The van der Waals surface area contributed by atoms with Crippen LogP contribution < -0.4 is 15.4 Å². The van der Waals surface area contributed by atoms with Gasteiger partial charge in [-0.2, -0.15) is 4.58 Å². The molecule has 1 unspecified atom stereocenters. The van der Waals surface area contributed by atoms with Crippen LogP contribution in [0, 0.1) is 0 Å². The van der Waals surface area contributed by atoms with Gasteiger partial charge in [0.15, 0.2) is 5.71 Å². The first kappa shape index (κ1) is 24.6. The van der Waals surface area contributed by atoms with Crippen LogP contribution in [0.1, 0.15) is 56.6 Å². The van der Waals surface area contributed by atoms with Crippen molar-refractivity contribution in [2.75, 3.05) is 12.4 Å². The van der Waals surface area contributed by atoms with Gasteiger partial charge < -0.3 is 15.4 Å². The van der Waals surface area contributed by atoms with Crippen LogP contribution in [-0.2, 0) is 4.79 Å². The molecule has 2 N–H and O–H groups in total. The Morgan fingerprint density at radius 3 is 2.47 bits per heavy atom. The molecule has 7 nitrogen and oxygen atoms in total. The maximum atomic E-state index is 12.7. The maximum absolute atomic E-state index is 12.7. The van der Waals surface area contributed by atoms with Gasteiger partial charge in [-0.05, 0) is 69.2 Å². The molecule has 3 rings (SSSR count). The topological polar surface area (TPSA) is 82.8 Å². The Balaban J connectivity index is 1.66. The van der Waals surface area contributed by atoms with Crippen LogP contribution in [0.15, 0.2) is 76.7 Å². The standard InChI is InChI=1S/C27H30N4O3/c1-17(2)26-25(16-31(26)6)28-15-18(3)29-19(4)21-9-7-11-23(13-21)30-27(33)22-10-8-12-24(14-22)34-20(5)32/h7-16,19H,1-6H3,(H,30,33)/p+1. The number of aliphatic imine (C=N–C) groups is 1. The molecule has 1 amide bonds. The molecule has 2 aromatic rings. The quantitative estimate of drug-likeness (QED) is 0.353. The largest absolute Gasteiger partial charge is 0.427 e. The maximum Gasteiger partial charge on any atom is 0.308 e. The van der Waals surface area contributed by atoms with Gasteiger partial charge in [0.05, 0.1) is 0 Å². The minimum atomic E-state index is -0.432. The number of esters is 1.